The Labute approximate surface area is 255 Å². The summed E-state index contributed by atoms with van der Waals surface area (Å²) in [5, 5.41) is 0.640. The first-order chi connectivity index (χ1) is 20.5. The first-order valence-corrected chi connectivity index (χ1v) is 15.3. The van der Waals surface area contributed by atoms with E-state index < -0.39 is 22.3 Å². The Kier molecular flexibility index (Phi) is 7.52. The fourth-order valence-corrected chi connectivity index (χ4v) is 7.65. The summed E-state index contributed by atoms with van der Waals surface area (Å²) in [6, 6.07) is 19.9. The van der Waals surface area contributed by atoms with Gasteiger partial charge in [0.05, 0.1) is 29.1 Å². The van der Waals surface area contributed by atoms with Crippen molar-refractivity contribution in [2.45, 2.75) is 23.7 Å². The van der Waals surface area contributed by atoms with E-state index in [-0.39, 0.29) is 60.5 Å². The molecule has 5 nitrogen and oxygen atoms in total. The highest BCUT2D eigenvalue weighted by Crippen LogP contribution is 2.51. The third-order valence-corrected chi connectivity index (χ3v) is 10.0. The van der Waals surface area contributed by atoms with Crippen LogP contribution >= 0.6 is 23.2 Å². The molecule has 1 heterocycles. The molecular weight excluding hydrogens is 622 g/mol. The minimum absolute atomic E-state index is 0.129. The van der Waals surface area contributed by atoms with E-state index in [1.807, 2.05) is 6.07 Å². The summed E-state index contributed by atoms with van der Waals surface area (Å²) in [4.78, 5) is 11.9. The molecule has 1 aliphatic rings. The van der Waals surface area contributed by atoms with Gasteiger partial charge in [-0.1, -0.05) is 59.6 Å². The van der Waals surface area contributed by atoms with Crippen molar-refractivity contribution in [3.8, 4) is 22.4 Å². The zero-order chi connectivity index (χ0) is 30.6. The second kappa shape index (κ2) is 11.0. The molecule has 0 amide bonds. The van der Waals surface area contributed by atoms with Gasteiger partial charge in [-0.2, -0.15) is 0 Å². The Hall–Kier alpha value is -3.79. The van der Waals surface area contributed by atoms with Gasteiger partial charge in [-0.25, -0.2) is 25.6 Å². The van der Waals surface area contributed by atoms with Gasteiger partial charge >= 0.3 is 5.97 Å². The molecule has 4 aromatic carbocycles. The molecule has 0 bridgehead atoms. The van der Waals surface area contributed by atoms with Crippen LogP contribution in [0.3, 0.4) is 0 Å². The number of benzene rings is 4. The molecule has 1 aromatic heterocycles. The minimum Gasteiger partial charge on any atom is -0.469 e. The van der Waals surface area contributed by atoms with Crippen molar-refractivity contribution in [2.75, 3.05) is 7.11 Å². The summed E-state index contributed by atoms with van der Waals surface area (Å²) < 4.78 is 76.1. The lowest BCUT2D eigenvalue weighted by Crippen LogP contribution is -2.14. The fraction of sp³-hybridized carbons (Fsp3) is 0.156. The number of rotatable bonds is 7. The molecule has 6 rings (SSSR count). The van der Waals surface area contributed by atoms with Gasteiger partial charge in [0, 0.05) is 37.7 Å². The maximum atomic E-state index is 14.8. The molecule has 0 saturated heterocycles. The number of alkyl halides is 2. The van der Waals surface area contributed by atoms with Crippen LogP contribution in [-0.2, 0) is 19.6 Å². The van der Waals surface area contributed by atoms with Crippen LogP contribution in [0.2, 0.25) is 10.0 Å². The Bertz CT molecular complexity index is 1990. The molecule has 1 fully saturated rings. The Morgan fingerprint density at radius 2 is 1.60 bits per heavy atom. The van der Waals surface area contributed by atoms with Crippen LogP contribution in [0.1, 0.15) is 29.9 Å². The lowest BCUT2D eigenvalue weighted by molar-refractivity contribution is -0.142. The number of hydrogen-bond donors (Lipinski definition) is 0. The van der Waals surface area contributed by atoms with E-state index in [2.05, 4.69) is 0 Å². The van der Waals surface area contributed by atoms with Crippen LogP contribution in [0.15, 0.2) is 89.8 Å². The average molecular weight is 644 g/mol. The van der Waals surface area contributed by atoms with Crippen LogP contribution in [0.4, 0.5) is 13.2 Å². The van der Waals surface area contributed by atoms with Crippen molar-refractivity contribution in [3.05, 3.63) is 112 Å². The predicted octanol–water partition coefficient (Wildman–Crippen LogP) is 8.87. The minimum atomic E-state index is -4.47. The smallest absolute Gasteiger partial charge is 0.309 e. The number of esters is 1. The lowest BCUT2D eigenvalue weighted by Gasteiger charge is -2.16. The second-order valence-corrected chi connectivity index (χ2v) is 12.8. The highest BCUT2D eigenvalue weighted by Gasteiger charge is 2.45. The predicted molar refractivity (Wildman–Crippen MR) is 160 cm³/mol. The number of ether oxygens (including phenoxy) is 1. The molecule has 0 aliphatic heterocycles. The largest absolute Gasteiger partial charge is 0.469 e. The van der Waals surface area contributed by atoms with Crippen LogP contribution < -0.4 is 0 Å². The van der Waals surface area contributed by atoms with Gasteiger partial charge in [-0.05, 0) is 66.4 Å². The fourth-order valence-electron chi connectivity index (χ4n) is 5.52. The molecule has 0 radical (unpaired) electrons. The van der Waals surface area contributed by atoms with E-state index in [0.29, 0.717) is 17.5 Å². The molecule has 11 heteroatoms. The van der Waals surface area contributed by atoms with E-state index in [4.69, 9.17) is 27.9 Å². The zero-order valence-electron chi connectivity index (χ0n) is 22.4. The molecule has 43 heavy (non-hydrogen) atoms. The van der Waals surface area contributed by atoms with E-state index in [9.17, 15) is 26.4 Å². The van der Waals surface area contributed by atoms with Gasteiger partial charge in [0.1, 0.15) is 5.82 Å². The van der Waals surface area contributed by atoms with Crippen molar-refractivity contribution in [3.63, 3.8) is 0 Å². The third kappa shape index (κ3) is 5.09. The highest BCUT2D eigenvalue weighted by molar-refractivity contribution is 7.90. The topological polar surface area (TPSA) is 65.4 Å². The van der Waals surface area contributed by atoms with Crippen molar-refractivity contribution in [1.82, 2.24) is 3.97 Å². The highest BCUT2D eigenvalue weighted by atomic mass is 35.5. The first-order valence-electron chi connectivity index (χ1n) is 13.1. The quantitative estimate of drug-likeness (QED) is 0.166. The zero-order valence-corrected chi connectivity index (χ0v) is 24.7. The van der Waals surface area contributed by atoms with Gasteiger partial charge in [0.2, 0.25) is 0 Å². The van der Waals surface area contributed by atoms with Crippen molar-refractivity contribution >= 4 is 50.1 Å². The van der Waals surface area contributed by atoms with Gasteiger partial charge in [-0.15, -0.1) is 0 Å². The molecule has 5 aromatic rings. The van der Waals surface area contributed by atoms with Crippen LogP contribution in [0.5, 0.6) is 0 Å². The molecule has 1 saturated carbocycles. The SMILES string of the molecule is COC(=O)C1CC1c1cccc(-c2c(-c3c(Cl)cccc3Cl)c3cc(F)ccc3n2S(=O)(=O)c2ccc(C(F)F)cc2)c1. The van der Waals surface area contributed by atoms with Crippen LogP contribution in [-0.4, -0.2) is 25.5 Å². The van der Waals surface area contributed by atoms with E-state index in [0.717, 1.165) is 39.9 Å². The number of halogens is 5. The standard InChI is InChI=1S/C32H22Cl2F3NO4S/c1-42-32(39)23-16-22(23)18-4-2-5-19(14-18)30-28(29-25(33)6-3-7-26(29)34)24-15-20(35)10-13-27(24)38(30)43(40,41)21-11-8-17(9-12-21)31(36)37/h2-15,22-23,31H,16H2,1H3. The molecule has 1 aliphatic carbocycles. The first kappa shape index (κ1) is 29.3. The van der Waals surface area contributed by atoms with Crippen molar-refractivity contribution < 1.29 is 31.1 Å². The maximum absolute atomic E-state index is 14.8. The van der Waals surface area contributed by atoms with Crippen molar-refractivity contribution in [1.29, 1.82) is 0 Å². The number of nitrogens with zero attached hydrogens (tertiary/aromatic N) is 1. The summed E-state index contributed by atoms with van der Waals surface area (Å²) in [7, 11) is -3.15. The number of carbonyl (C=O) groups excluding carboxylic acids is 1. The number of methoxy groups -OCH3 is 1. The van der Waals surface area contributed by atoms with E-state index in [1.165, 1.54) is 19.2 Å². The lowest BCUT2D eigenvalue weighted by atomic mass is 9.96. The summed E-state index contributed by atoms with van der Waals surface area (Å²) in [6.45, 7) is 0. The van der Waals surface area contributed by atoms with Gasteiger partial charge in [0.25, 0.3) is 16.4 Å². The molecule has 0 N–H and O–H groups in total. The Morgan fingerprint density at radius 1 is 0.930 bits per heavy atom. The number of hydrogen-bond acceptors (Lipinski definition) is 4. The van der Waals surface area contributed by atoms with E-state index >= 15 is 0 Å². The third-order valence-electron chi connectivity index (χ3n) is 7.65. The van der Waals surface area contributed by atoms with Gasteiger partial charge in [0.15, 0.2) is 0 Å². The normalized spacial score (nSPS) is 16.5. The van der Waals surface area contributed by atoms with Crippen molar-refractivity contribution in [2.24, 2.45) is 5.92 Å². The summed E-state index contributed by atoms with van der Waals surface area (Å²) in [5.74, 6) is -1.41. The molecular formula is C32H22Cl2F3NO4S. The average Bonchev–Trinajstić information content (AvgIpc) is 3.73. The summed E-state index contributed by atoms with van der Waals surface area (Å²) in [6.07, 6.45) is -2.21. The maximum Gasteiger partial charge on any atom is 0.309 e. The van der Waals surface area contributed by atoms with Gasteiger partial charge < -0.3 is 4.74 Å². The number of fused-ring (bicyclic) bond motifs is 1. The van der Waals surface area contributed by atoms with E-state index in [1.54, 1.807) is 36.4 Å². The van der Waals surface area contributed by atoms with Crippen LogP contribution in [0.25, 0.3) is 33.3 Å². The number of aromatic nitrogens is 1. The second-order valence-electron chi connectivity index (χ2n) is 10.2. The van der Waals surface area contributed by atoms with Gasteiger partial charge in [-0.3, -0.25) is 4.79 Å². The molecule has 2 unspecified atom stereocenters. The Balaban J connectivity index is 1.69. The molecule has 0 spiro atoms. The summed E-state index contributed by atoms with van der Waals surface area (Å²) in [5.41, 5.74) is 1.72. The Morgan fingerprint density at radius 3 is 2.26 bits per heavy atom. The number of carbonyl (C=O) groups is 1. The monoisotopic (exact) mass is 643 g/mol. The molecule has 2 atom stereocenters. The summed E-state index contributed by atoms with van der Waals surface area (Å²) >= 11 is 13.3. The molecule has 220 valence electrons. The van der Waals surface area contributed by atoms with Crippen LogP contribution in [0, 0.1) is 11.7 Å².